The number of hydrogen-bond donors (Lipinski definition) is 2. The van der Waals surface area contributed by atoms with Gasteiger partial charge in [-0.25, -0.2) is 4.79 Å². The number of fused-ring (bicyclic) bond motifs is 1. The van der Waals surface area contributed by atoms with E-state index >= 15 is 0 Å². The molecule has 1 aromatic heterocycles. The Labute approximate surface area is 181 Å². The first-order valence-corrected chi connectivity index (χ1v) is 10.5. The average Bonchev–Trinajstić information content (AvgIpc) is 2.91. The molecule has 0 saturated carbocycles. The van der Waals surface area contributed by atoms with Gasteiger partial charge in [-0.15, -0.1) is 18.3 Å². The van der Waals surface area contributed by atoms with Crippen LogP contribution in [0.5, 0.6) is 5.88 Å². The van der Waals surface area contributed by atoms with Gasteiger partial charge in [-0.3, -0.25) is 19.3 Å². The molecule has 0 spiro atoms. The van der Waals surface area contributed by atoms with Crippen LogP contribution in [0, 0.1) is 0 Å². The van der Waals surface area contributed by atoms with Crippen LogP contribution in [-0.4, -0.2) is 20.4 Å². The third-order valence-electron chi connectivity index (χ3n) is 4.78. The number of halogens is 1. The zero-order valence-corrected chi connectivity index (χ0v) is 17.4. The van der Waals surface area contributed by atoms with Gasteiger partial charge in [0.25, 0.3) is 5.56 Å². The van der Waals surface area contributed by atoms with Crippen molar-refractivity contribution < 1.29 is 5.11 Å². The lowest BCUT2D eigenvalue weighted by Crippen LogP contribution is -2.34. The van der Waals surface area contributed by atoms with E-state index in [-0.39, 0.29) is 17.4 Å². The van der Waals surface area contributed by atoms with Crippen LogP contribution >= 0.6 is 23.4 Å². The van der Waals surface area contributed by atoms with E-state index in [9.17, 15) is 14.7 Å². The summed E-state index contributed by atoms with van der Waals surface area (Å²) in [7, 11) is 0. The fourth-order valence-corrected chi connectivity index (χ4v) is 4.71. The molecule has 1 unspecified atom stereocenters. The molecular weight excluding hydrogens is 422 g/mol. The normalized spacial score (nSPS) is 15.8. The van der Waals surface area contributed by atoms with Crippen molar-refractivity contribution in [3.8, 4) is 5.88 Å². The number of nitrogens with zero attached hydrogens (tertiary/aromatic N) is 2. The van der Waals surface area contributed by atoms with E-state index in [1.807, 2.05) is 48.5 Å². The van der Waals surface area contributed by atoms with E-state index in [0.717, 1.165) is 15.0 Å². The van der Waals surface area contributed by atoms with Crippen LogP contribution in [0.3, 0.4) is 0 Å². The highest BCUT2D eigenvalue weighted by molar-refractivity contribution is 7.99. The van der Waals surface area contributed by atoms with E-state index in [0.29, 0.717) is 22.8 Å². The molecule has 2 heterocycles. The maximum absolute atomic E-state index is 12.7. The molecule has 2 aromatic carbocycles. The maximum Gasteiger partial charge on any atom is 0.331 e. The summed E-state index contributed by atoms with van der Waals surface area (Å²) in [6, 6.07) is 15.1. The van der Waals surface area contributed by atoms with E-state index in [1.54, 1.807) is 11.8 Å². The Balaban J connectivity index is 1.90. The topological polar surface area (TPSA) is 87.4 Å². The van der Waals surface area contributed by atoms with Crippen LogP contribution in [0.1, 0.15) is 22.8 Å². The molecule has 3 aromatic rings. The van der Waals surface area contributed by atoms with Crippen LogP contribution in [-0.2, 0) is 6.54 Å². The van der Waals surface area contributed by atoms with Crippen molar-refractivity contribution in [1.29, 1.82) is 0 Å². The summed E-state index contributed by atoms with van der Waals surface area (Å²) in [5.41, 5.74) is 0.755. The lowest BCUT2D eigenvalue weighted by atomic mass is 10.0. The second-order valence-electron chi connectivity index (χ2n) is 6.75. The van der Waals surface area contributed by atoms with Gasteiger partial charge in [0.1, 0.15) is 5.56 Å². The summed E-state index contributed by atoms with van der Waals surface area (Å²) in [6.07, 6.45) is 1.85. The quantitative estimate of drug-likeness (QED) is 0.588. The van der Waals surface area contributed by atoms with Crippen molar-refractivity contribution in [2.45, 2.75) is 23.1 Å². The summed E-state index contributed by atoms with van der Waals surface area (Å²) in [4.78, 5) is 32.7. The molecular formula is C22H18ClN3O3S. The molecule has 0 fully saturated rings. The minimum Gasteiger partial charge on any atom is -0.494 e. The van der Waals surface area contributed by atoms with Crippen molar-refractivity contribution in [3.05, 3.63) is 98.2 Å². The number of aromatic amines is 1. The minimum atomic E-state index is -0.695. The van der Waals surface area contributed by atoms with Crippen LogP contribution in [0.4, 0.5) is 5.69 Å². The molecule has 0 amide bonds. The van der Waals surface area contributed by atoms with Crippen LogP contribution in [0.25, 0.3) is 0 Å². The first-order chi connectivity index (χ1) is 14.5. The Hall–Kier alpha value is -3.03. The van der Waals surface area contributed by atoms with E-state index in [1.165, 1.54) is 6.08 Å². The summed E-state index contributed by atoms with van der Waals surface area (Å²) in [5, 5.41) is 11.3. The highest BCUT2D eigenvalue weighted by Gasteiger charge is 2.27. The summed E-state index contributed by atoms with van der Waals surface area (Å²) < 4.78 is 1.06. The van der Waals surface area contributed by atoms with E-state index in [2.05, 4.69) is 11.6 Å². The van der Waals surface area contributed by atoms with Gasteiger partial charge in [-0.2, -0.15) is 0 Å². The van der Waals surface area contributed by atoms with Crippen LogP contribution in [0.2, 0.25) is 5.02 Å². The van der Waals surface area contributed by atoms with Crippen LogP contribution < -0.4 is 11.2 Å². The van der Waals surface area contributed by atoms with E-state index < -0.39 is 17.1 Å². The van der Waals surface area contributed by atoms with Gasteiger partial charge in [0, 0.05) is 28.1 Å². The molecule has 30 heavy (non-hydrogen) atoms. The maximum atomic E-state index is 12.7. The van der Waals surface area contributed by atoms with Gasteiger partial charge in [-0.05, 0) is 29.8 Å². The summed E-state index contributed by atoms with van der Waals surface area (Å²) in [5.74, 6) is -0.415. The number of aliphatic imine (C=N–C) groups is 1. The number of hydrogen-bond acceptors (Lipinski definition) is 5. The number of rotatable bonds is 4. The molecule has 6 nitrogen and oxygen atoms in total. The molecule has 0 saturated heterocycles. The second-order valence-corrected chi connectivity index (χ2v) is 8.43. The van der Waals surface area contributed by atoms with Gasteiger partial charge in [0.2, 0.25) is 5.88 Å². The molecule has 0 aliphatic carbocycles. The number of para-hydroxylation sites is 1. The van der Waals surface area contributed by atoms with Gasteiger partial charge in [-0.1, -0.05) is 41.9 Å². The number of nitrogens with one attached hydrogen (secondary N) is 1. The van der Waals surface area contributed by atoms with Crippen molar-refractivity contribution in [2.24, 2.45) is 4.99 Å². The lowest BCUT2D eigenvalue weighted by molar-refractivity contribution is 0.409. The number of aromatic hydroxyl groups is 1. The fourth-order valence-electron chi connectivity index (χ4n) is 3.35. The SMILES string of the molecule is C=CCn1c(O)c(C2=Nc3ccccc3SC(c3ccc(Cl)cc3)C2)c(=O)[nH]c1=O. The molecule has 1 aliphatic rings. The fraction of sp³-hybridized carbons (Fsp3) is 0.136. The van der Waals surface area contributed by atoms with Crippen molar-refractivity contribution >= 4 is 34.8 Å². The lowest BCUT2D eigenvalue weighted by Gasteiger charge is -2.17. The third-order valence-corrected chi connectivity index (χ3v) is 6.36. The highest BCUT2D eigenvalue weighted by Crippen LogP contribution is 2.45. The van der Waals surface area contributed by atoms with Gasteiger partial charge in [0.15, 0.2) is 0 Å². The average molecular weight is 440 g/mol. The monoisotopic (exact) mass is 439 g/mol. The van der Waals surface area contributed by atoms with E-state index in [4.69, 9.17) is 16.6 Å². The van der Waals surface area contributed by atoms with Crippen molar-refractivity contribution in [1.82, 2.24) is 9.55 Å². The molecule has 0 radical (unpaired) electrons. The predicted octanol–water partition coefficient (Wildman–Crippen LogP) is 4.44. The van der Waals surface area contributed by atoms with Gasteiger partial charge < -0.3 is 5.11 Å². The Morgan fingerprint density at radius 3 is 2.70 bits per heavy atom. The molecule has 1 aliphatic heterocycles. The molecule has 2 N–H and O–H groups in total. The Morgan fingerprint density at radius 1 is 1.23 bits per heavy atom. The number of allylic oxidation sites excluding steroid dienone is 1. The number of benzene rings is 2. The standard InChI is InChI=1S/C22H18ClN3O3S/c1-2-11-26-21(28)19(20(27)25-22(26)29)16-12-18(13-7-9-14(23)10-8-13)30-17-6-4-3-5-15(17)24-16/h2-10,18,28H,1,11-12H2,(H,25,27,29). The van der Waals surface area contributed by atoms with Gasteiger partial charge in [0.05, 0.1) is 11.4 Å². The highest BCUT2D eigenvalue weighted by atomic mass is 35.5. The predicted molar refractivity (Wildman–Crippen MR) is 120 cm³/mol. The smallest absolute Gasteiger partial charge is 0.331 e. The van der Waals surface area contributed by atoms with Crippen molar-refractivity contribution in [3.63, 3.8) is 0 Å². The zero-order valence-electron chi connectivity index (χ0n) is 15.8. The molecule has 8 heteroatoms. The molecule has 0 bridgehead atoms. The number of H-pyrrole nitrogens is 1. The Kier molecular flexibility index (Phi) is 5.65. The molecule has 152 valence electrons. The van der Waals surface area contributed by atoms with Gasteiger partial charge >= 0.3 is 5.69 Å². The number of thioether (sulfide) groups is 1. The first kappa shape index (κ1) is 20.3. The van der Waals surface area contributed by atoms with Crippen LogP contribution in [0.15, 0.2) is 80.7 Å². The second kappa shape index (κ2) is 8.38. The summed E-state index contributed by atoms with van der Waals surface area (Å²) in [6.45, 7) is 3.66. The largest absolute Gasteiger partial charge is 0.494 e. The Morgan fingerprint density at radius 2 is 1.97 bits per heavy atom. The third kappa shape index (κ3) is 3.86. The van der Waals surface area contributed by atoms with Crippen molar-refractivity contribution in [2.75, 3.05) is 0 Å². The molecule has 4 rings (SSSR count). The molecule has 1 atom stereocenters. The zero-order chi connectivity index (χ0) is 21.3. The first-order valence-electron chi connectivity index (χ1n) is 9.24. The number of aromatic nitrogens is 2. The minimum absolute atomic E-state index is 0.00674. The summed E-state index contributed by atoms with van der Waals surface area (Å²) >= 11 is 7.67. The Bertz CT molecular complexity index is 1260.